The maximum absolute atomic E-state index is 12.3. The molecule has 128 valence electrons. The van der Waals surface area contributed by atoms with Crippen LogP contribution in [-0.4, -0.2) is 40.3 Å². The Bertz CT molecular complexity index is 719. The van der Waals surface area contributed by atoms with Crippen LogP contribution >= 0.6 is 0 Å². The van der Waals surface area contributed by atoms with Crippen LogP contribution in [0.4, 0.5) is 0 Å². The number of aromatic nitrogens is 1. The topological polar surface area (TPSA) is 68.3 Å². The summed E-state index contributed by atoms with van der Waals surface area (Å²) in [7, 11) is 0.712. The molecule has 5 nitrogen and oxygen atoms in total. The molecule has 0 aliphatic carbocycles. The van der Waals surface area contributed by atoms with Crippen molar-refractivity contribution in [3.05, 3.63) is 48.2 Å². The summed E-state index contributed by atoms with van der Waals surface area (Å²) < 4.78 is 16.7. The van der Waals surface area contributed by atoms with E-state index < -0.39 is 10.8 Å². The molecule has 1 aromatic heterocycles. The number of benzene rings is 1. The van der Waals surface area contributed by atoms with Crippen molar-refractivity contribution in [1.29, 1.82) is 0 Å². The maximum Gasteiger partial charge on any atom is 0.251 e. The number of nitrogens with zero attached hydrogens (tertiary/aromatic N) is 1. The summed E-state index contributed by atoms with van der Waals surface area (Å²) in [5.74, 6) is 0.504. The first-order valence-electron chi connectivity index (χ1n) is 7.72. The van der Waals surface area contributed by atoms with Gasteiger partial charge in [0.05, 0.1) is 12.8 Å². The summed E-state index contributed by atoms with van der Waals surface area (Å²) in [4.78, 5) is 16.6. The zero-order valence-corrected chi connectivity index (χ0v) is 14.9. The van der Waals surface area contributed by atoms with Gasteiger partial charge in [-0.05, 0) is 36.8 Å². The monoisotopic (exact) mass is 346 g/mol. The largest absolute Gasteiger partial charge is 0.496 e. The number of carbonyl (C=O) groups is 1. The fourth-order valence-corrected chi connectivity index (χ4v) is 2.68. The number of rotatable bonds is 7. The van der Waals surface area contributed by atoms with Crippen LogP contribution in [-0.2, 0) is 10.8 Å². The summed E-state index contributed by atoms with van der Waals surface area (Å²) in [5.41, 5.74) is 2.06. The van der Waals surface area contributed by atoms with Crippen LogP contribution in [0.5, 0.6) is 5.75 Å². The van der Waals surface area contributed by atoms with Crippen LogP contribution < -0.4 is 10.1 Å². The fraction of sp³-hybridized carbons (Fsp3) is 0.333. The summed E-state index contributed by atoms with van der Waals surface area (Å²) in [6.07, 6.45) is 4.06. The Morgan fingerprint density at radius 1 is 1.33 bits per heavy atom. The third kappa shape index (κ3) is 4.64. The molecule has 0 fully saturated rings. The second-order valence-corrected chi connectivity index (χ2v) is 7.29. The van der Waals surface area contributed by atoms with Gasteiger partial charge in [0.15, 0.2) is 0 Å². The molecule has 1 amide bonds. The quantitative estimate of drug-likeness (QED) is 0.837. The molecule has 1 aromatic carbocycles. The molecular formula is C18H22N2O3S. The van der Waals surface area contributed by atoms with Gasteiger partial charge in [0.1, 0.15) is 5.75 Å². The molecule has 1 N–H and O–H groups in total. The first kappa shape index (κ1) is 18.1. The zero-order valence-electron chi connectivity index (χ0n) is 14.1. The third-order valence-corrected chi connectivity index (χ3v) is 5.17. The van der Waals surface area contributed by atoms with Gasteiger partial charge >= 0.3 is 0 Å². The van der Waals surface area contributed by atoms with Crippen molar-refractivity contribution >= 4 is 16.7 Å². The van der Waals surface area contributed by atoms with E-state index in [1.54, 1.807) is 37.8 Å². The van der Waals surface area contributed by atoms with Gasteiger partial charge in [0, 0.05) is 46.2 Å². The number of ether oxygens (including phenoxy) is 1. The molecule has 0 bridgehead atoms. The number of hydrogen-bond donors (Lipinski definition) is 1. The first-order valence-corrected chi connectivity index (χ1v) is 9.35. The lowest BCUT2D eigenvalue weighted by molar-refractivity contribution is 0.0953. The number of nitrogens with one attached hydrogen (secondary N) is 1. The molecule has 0 aliphatic heterocycles. The minimum Gasteiger partial charge on any atom is -0.496 e. The summed E-state index contributed by atoms with van der Waals surface area (Å²) >= 11 is 0. The van der Waals surface area contributed by atoms with Crippen LogP contribution in [0.2, 0.25) is 0 Å². The van der Waals surface area contributed by atoms with E-state index in [0.717, 1.165) is 11.3 Å². The number of methoxy groups -OCH3 is 1. The molecule has 0 saturated heterocycles. The summed E-state index contributed by atoms with van der Waals surface area (Å²) in [6, 6.07) is 10.9. The molecule has 2 unspecified atom stereocenters. The van der Waals surface area contributed by atoms with Crippen molar-refractivity contribution in [3.8, 4) is 17.0 Å². The van der Waals surface area contributed by atoms with Crippen LogP contribution in [0.25, 0.3) is 11.3 Å². The zero-order chi connectivity index (χ0) is 17.5. The van der Waals surface area contributed by atoms with E-state index >= 15 is 0 Å². The molecule has 1 heterocycles. The molecule has 24 heavy (non-hydrogen) atoms. The van der Waals surface area contributed by atoms with Crippen LogP contribution in [0.3, 0.4) is 0 Å². The minimum atomic E-state index is -0.879. The summed E-state index contributed by atoms with van der Waals surface area (Å²) in [6.45, 7) is 2.40. The van der Waals surface area contributed by atoms with E-state index in [-0.39, 0.29) is 11.2 Å². The van der Waals surface area contributed by atoms with Gasteiger partial charge in [-0.3, -0.25) is 14.0 Å². The number of hydrogen-bond acceptors (Lipinski definition) is 4. The highest BCUT2D eigenvalue weighted by atomic mass is 32.2. The van der Waals surface area contributed by atoms with Gasteiger partial charge in [-0.1, -0.05) is 13.0 Å². The maximum atomic E-state index is 12.3. The highest BCUT2D eigenvalue weighted by Crippen LogP contribution is 2.29. The van der Waals surface area contributed by atoms with Gasteiger partial charge in [0.2, 0.25) is 0 Å². The predicted molar refractivity (Wildman–Crippen MR) is 96.7 cm³/mol. The molecule has 2 rings (SSSR count). The molecule has 2 atom stereocenters. The van der Waals surface area contributed by atoms with E-state index in [1.165, 1.54) is 0 Å². The van der Waals surface area contributed by atoms with E-state index in [2.05, 4.69) is 10.3 Å². The Hall–Kier alpha value is -2.21. The molecule has 2 aromatic rings. The van der Waals surface area contributed by atoms with Gasteiger partial charge < -0.3 is 10.1 Å². The Morgan fingerprint density at radius 2 is 2.12 bits per heavy atom. The van der Waals surface area contributed by atoms with E-state index in [1.807, 2.05) is 25.1 Å². The average Bonchev–Trinajstić information content (AvgIpc) is 2.61. The highest BCUT2D eigenvalue weighted by molar-refractivity contribution is 7.84. The lowest BCUT2D eigenvalue weighted by Gasteiger charge is -2.12. The second-order valence-electron chi connectivity index (χ2n) is 5.48. The fourth-order valence-electron chi connectivity index (χ4n) is 2.23. The Balaban J connectivity index is 2.13. The molecule has 6 heteroatoms. The third-order valence-electron chi connectivity index (χ3n) is 3.81. The van der Waals surface area contributed by atoms with E-state index in [4.69, 9.17) is 4.74 Å². The van der Waals surface area contributed by atoms with Crippen molar-refractivity contribution in [2.45, 2.75) is 18.6 Å². The van der Waals surface area contributed by atoms with Gasteiger partial charge in [-0.2, -0.15) is 0 Å². The van der Waals surface area contributed by atoms with Gasteiger partial charge in [-0.25, -0.2) is 0 Å². The Labute approximate surface area is 144 Å². The summed E-state index contributed by atoms with van der Waals surface area (Å²) in [5, 5.41) is 2.93. The van der Waals surface area contributed by atoms with E-state index in [9.17, 15) is 9.00 Å². The number of amides is 1. The Kier molecular flexibility index (Phi) is 6.49. The molecule has 0 saturated carbocycles. The smallest absolute Gasteiger partial charge is 0.251 e. The number of pyridine rings is 1. The van der Waals surface area contributed by atoms with Crippen LogP contribution in [0, 0.1) is 0 Å². The normalized spacial score (nSPS) is 13.1. The van der Waals surface area contributed by atoms with Gasteiger partial charge in [0.25, 0.3) is 5.91 Å². The van der Waals surface area contributed by atoms with Crippen molar-refractivity contribution in [3.63, 3.8) is 0 Å². The minimum absolute atomic E-state index is 0.0604. The Morgan fingerprint density at radius 3 is 2.75 bits per heavy atom. The molecular weight excluding hydrogens is 324 g/mol. The molecule has 0 spiro atoms. The standard InChI is InChI=1S/C18H22N2O3S/c1-13(24(3)22)9-11-20-18(21)14-7-8-17(23-2)15(12-14)16-6-4-5-10-19-16/h4-8,10,12-13H,9,11H2,1-3H3,(H,20,21). The first-order chi connectivity index (χ1) is 11.5. The van der Waals surface area contributed by atoms with Gasteiger partial charge in [-0.15, -0.1) is 0 Å². The lowest BCUT2D eigenvalue weighted by Crippen LogP contribution is -2.27. The van der Waals surface area contributed by atoms with Crippen LogP contribution in [0.1, 0.15) is 23.7 Å². The van der Waals surface area contributed by atoms with Crippen LogP contribution in [0.15, 0.2) is 42.6 Å². The van der Waals surface area contributed by atoms with Crippen molar-refractivity contribution < 1.29 is 13.7 Å². The van der Waals surface area contributed by atoms with Crippen molar-refractivity contribution in [2.24, 2.45) is 0 Å². The predicted octanol–water partition coefficient (Wildman–Crippen LogP) is 2.64. The molecule has 0 aliphatic rings. The van der Waals surface area contributed by atoms with Crippen molar-refractivity contribution in [2.75, 3.05) is 19.9 Å². The molecule has 0 radical (unpaired) electrons. The highest BCUT2D eigenvalue weighted by Gasteiger charge is 2.13. The van der Waals surface area contributed by atoms with E-state index in [0.29, 0.717) is 24.3 Å². The SMILES string of the molecule is COc1ccc(C(=O)NCCC(C)S(C)=O)cc1-c1ccccn1. The average molecular weight is 346 g/mol. The lowest BCUT2D eigenvalue weighted by atomic mass is 10.1. The number of carbonyl (C=O) groups excluding carboxylic acids is 1. The second kappa shape index (κ2) is 8.59. The van der Waals surface area contributed by atoms with Crippen molar-refractivity contribution in [1.82, 2.24) is 10.3 Å².